The Labute approximate surface area is 302 Å². The van der Waals surface area contributed by atoms with E-state index in [1.54, 1.807) is 46.0 Å². The van der Waals surface area contributed by atoms with Gasteiger partial charge in [0.15, 0.2) is 0 Å². The topological polar surface area (TPSA) is 171 Å². The van der Waals surface area contributed by atoms with E-state index in [4.69, 9.17) is 48.8 Å². The number of hydrogen-bond donors (Lipinski definition) is 5. The van der Waals surface area contributed by atoms with Crippen molar-refractivity contribution in [3.05, 3.63) is 69.7 Å². The Morgan fingerprint density at radius 1 is 0.756 bits per heavy atom. The van der Waals surface area contributed by atoms with Crippen molar-refractivity contribution < 1.29 is 55.4 Å². The van der Waals surface area contributed by atoms with Gasteiger partial charge in [-0.05, 0) is 97.7 Å². The second-order valence-electron chi connectivity index (χ2n) is 9.12. The summed E-state index contributed by atoms with van der Waals surface area (Å²) in [6, 6.07) is 14.8. The third-order valence-electron chi connectivity index (χ3n) is 3.66. The van der Waals surface area contributed by atoms with Gasteiger partial charge in [0.05, 0.1) is 21.0 Å². The summed E-state index contributed by atoms with van der Waals surface area (Å²) in [4.78, 5) is 10.0. The van der Waals surface area contributed by atoms with Crippen LogP contribution in [0.15, 0.2) is 52.9 Å². The van der Waals surface area contributed by atoms with E-state index in [1.165, 1.54) is 0 Å². The van der Waals surface area contributed by atoms with Gasteiger partial charge in [-0.3, -0.25) is 5.14 Å². The Morgan fingerprint density at radius 3 is 1.24 bits per heavy atom. The molecule has 0 saturated heterocycles. The van der Waals surface area contributed by atoms with Gasteiger partial charge in [0.25, 0.3) is 0 Å². The summed E-state index contributed by atoms with van der Waals surface area (Å²) in [6.45, 7) is 17.0. The Balaban J connectivity index is -0.000000111. The standard InChI is InChI=1S/C11H14ClNOS.C8H7ClO.C4H11NOS.4C2H6O.Ti/c1-9(2)15(14)13-8-7-10-3-5-11(12)6-4-10;9-8-3-1-7(2-4-8)5-6-10;1-4(2,3)7(5)6;4*1-2-3;/h3-6,8-9H,7H2,1-2H3;1-4,6H,5H2;5H2,1-3H3;4*3H,2H2,1H3;/t;;7-;;;;;/m..0...../s1. The van der Waals surface area contributed by atoms with Crippen LogP contribution in [0.2, 0.25) is 10.0 Å². The molecule has 2 rings (SSSR count). The monoisotopic (exact) mass is 750 g/mol. The summed E-state index contributed by atoms with van der Waals surface area (Å²) in [5.41, 5.74) is 2.11. The zero-order valence-corrected chi connectivity index (χ0v) is 32.9. The largest absolute Gasteiger partial charge is 0.397 e. The van der Waals surface area contributed by atoms with Crippen LogP contribution in [0.1, 0.15) is 73.4 Å². The van der Waals surface area contributed by atoms with Gasteiger partial charge < -0.3 is 25.2 Å². The molecular formula is C31H56Cl2N2O7S2Ti. The molecule has 2 aromatic carbocycles. The molecule has 0 amide bonds. The van der Waals surface area contributed by atoms with E-state index in [9.17, 15) is 13.2 Å². The first-order valence-electron chi connectivity index (χ1n) is 14.0. The first-order valence-corrected chi connectivity index (χ1v) is 17.1. The van der Waals surface area contributed by atoms with Gasteiger partial charge >= 0.3 is 0 Å². The van der Waals surface area contributed by atoms with Crippen molar-refractivity contribution in [1.29, 1.82) is 0 Å². The molecule has 0 bridgehead atoms. The van der Waals surface area contributed by atoms with E-state index in [2.05, 4.69) is 4.40 Å². The van der Waals surface area contributed by atoms with E-state index in [-0.39, 0.29) is 58.1 Å². The minimum atomic E-state index is -1.18. The van der Waals surface area contributed by atoms with E-state index in [0.29, 0.717) is 17.9 Å². The predicted octanol–water partition coefficient (Wildman–Crippen LogP) is 5.51. The van der Waals surface area contributed by atoms with Crippen LogP contribution >= 0.6 is 23.2 Å². The number of aldehydes is 1. The van der Waals surface area contributed by atoms with Crippen LogP contribution in [0.25, 0.3) is 0 Å². The zero-order valence-electron chi connectivity index (χ0n) is 28.2. The van der Waals surface area contributed by atoms with Crippen molar-refractivity contribution in [2.24, 2.45) is 9.54 Å². The van der Waals surface area contributed by atoms with Crippen LogP contribution in [0.5, 0.6) is 0 Å². The number of nitrogens with zero attached hydrogens (tertiary/aromatic N) is 1. The molecule has 262 valence electrons. The fourth-order valence-corrected chi connectivity index (χ4v) is 2.39. The molecule has 0 heterocycles. The SMILES string of the molecule is CC(C)(C)[S@@](N)=O.CC(C)S(=O)N=CCc1ccc(Cl)cc1.CCO.CCO.CCO.CCO.O=CCc1ccc(Cl)cc1.[Ti]. The number of aliphatic hydroxyl groups excluding tert-OH is 4. The van der Waals surface area contributed by atoms with E-state index < -0.39 is 22.0 Å². The van der Waals surface area contributed by atoms with Crippen LogP contribution < -0.4 is 5.14 Å². The maximum atomic E-state index is 11.3. The molecule has 6 N–H and O–H groups in total. The summed E-state index contributed by atoms with van der Waals surface area (Å²) in [6.07, 6.45) is 3.73. The van der Waals surface area contributed by atoms with Crippen molar-refractivity contribution >= 4 is 57.7 Å². The molecular weight excluding hydrogens is 695 g/mol. The summed E-state index contributed by atoms with van der Waals surface area (Å²) in [5, 5.41) is 36.8. The normalized spacial score (nSPS) is 10.8. The van der Waals surface area contributed by atoms with E-state index >= 15 is 0 Å². The zero-order chi connectivity index (χ0) is 35.6. The van der Waals surface area contributed by atoms with Gasteiger partial charge in [0.2, 0.25) is 0 Å². The molecule has 0 fully saturated rings. The van der Waals surface area contributed by atoms with Gasteiger partial charge in [-0.1, -0.05) is 47.5 Å². The number of carbonyl (C=O) groups excluding carboxylic acids is 1. The van der Waals surface area contributed by atoms with Crippen molar-refractivity contribution in [2.45, 2.75) is 85.2 Å². The van der Waals surface area contributed by atoms with Crippen molar-refractivity contribution in [2.75, 3.05) is 26.4 Å². The molecule has 2 atom stereocenters. The average molecular weight is 752 g/mol. The minimum absolute atomic E-state index is 0. The Kier molecular flexibility index (Phi) is 51.7. The van der Waals surface area contributed by atoms with Crippen molar-refractivity contribution in [3.63, 3.8) is 0 Å². The van der Waals surface area contributed by atoms with Crippen molar-refractivity contribution in [3.8, 4) is 0 Å². The average Bonchev–Trinajstić information content (AvgIpc) is 2.93. The molecule has 0 radical (unpaired) electrons. The summed E-state index contributed by atoms with van der Waals surface area (Å²) >= 11 is 11.4. The second-order valence-corrected chi connectivity index (χ2v) is 13.5. The van der Waals surface area contributed by atoms with Gasteiger partial charge in [0, 0.05) is 77.2 Å². The number of aliphatic hydroxyl groups is 4. The van der Waals surface area contributed by atoms with Crippen LogP contribution in [0.3, 0.4) is 0 Å². The first-order chi connectivity index (χ1) is 20.5. The quantitative estimate of drug-likeness (QED) is 0.147. The van der Waals surface area contributed by atoms with Crippen LogP contribution in [-0.2, 0) is 61.3 Å². The molecule has 2 aromatic rings. The molecule has 0 aliphatic heterocycles. The number of halogens is 2. The third kappa shape index (κ3) is 50.2. The third-order valence-corrected chi connectivity index (χ3v) is 6.53. The molecule has 14 heteroatoms. The number of benzene rings is 2. The molecule has 0 aliphatic carbocycles. The molecule has 0 saturated carbocycles. The van der Waals surface area contributed by atoms with Gasteiger partial charge in [0.1, 0.15) is 17.3 Å². The molecule has 45 heavy (non-hydrogen) atoms. The Hall–Kier alpha value is -0.826. The molecule has 0 aromatic heterocycles. The van der Waals surface area contributed by atoms with Crippen LogP contribution in [0, 0.1) is 0 Å². The number of rotatable bonds is 6. The smallest absolute Gasteiger partial charge is 0.141 e. The van der Waals surface area contributed by atoms with Gasteiger partial charge in [-0.25, -0.2) is 8.42 Å². The van der Waals surface area contributed by atoms with Crippen LogP contribution in [0.4, 0.5) is 0 Å². The Bertz CT molecular complexity index is 956. The molecule has 1 unspecified atom stereocenters. The summed E-state index contributed by atoms with van der Waals surface area (Å²) in [5.74, 6) is 0. The van der Waals surface area contributed by atoms with Gasteiger partial charge in [-0.2, -0.15) is 4.40 Å². The fourth-order valence-electron chi connectivity index (χ4n) is 1.68. The number of carbonyl (C=O) groups is 1. The number of nitrogens with two attached hydrogens (primary N) is 1. The minimum Gasteiger partial charge on any atom is -0.397 e. The summed E-state index contributed by atoms with van der Waals surface area (Å²) < 4.78 is 25.3. The summed E-state index contributed by atoms with van der Waals surface area (Å²) in [7, 11) is -2.29. The maximum absolute atomic E-state index is 11.3. The number of hydrogen-bond acceptors (Lipinski definition) is 7. The van der Waals surface area contributed by atoms with Crippen molar-refractivity contribution in [1.82, 2.24) is 0 Å². The van der Waals surface area contributed by atoms with Crippen LogP contribution in [-0.4, -0.2) is 77.8 Å². The van der Waals surface area contributed by atoms with Gasteiger partial charge in [-0.15, -0.1) is 0 Å². The first kappa shape index (κ1) is 56.5. The van der Waals surface area contributed by atoms with E-state index in [1.807, 2.05) is 71.0 Å². The molecule has 0 spiro atoms. The molecule has 9 nitrogen and oxygen atoms in total. The fraction of sp³-hybridized carbons (Fsp3) is 0.548. The predicted molar refractivity (Wildman–Crippen MR) is 191 cm³/mol. The Morgan fingerprint density at radius 2 is 1.02 bits per heavy atom. The van der Waals surface area contributed by atoms with E-state index in [0.717, 1.165) is 22.4 Å². The second kappa shape index (κ2) is 41.2. The maximum Gasteiger partial charge on any atom is 0.141 e. The molecule has 0 aliphatic rings.